The molecule has 26 heavy (non-hydrogen) atoms. The largest absolute Gasteiger partial charge is 0.462 e. The molecule has 0 radical (unpaired) electrons. The normalized spacial score (nSPS) is 10.1. The summed E-state index contributed by atoms with van der Waals surface area (Å²) in [6, 6.07) is 14.0. The second-order valence-electron chi connectivity index (χ2n) is 5.56. The lowest BCUT2D eigenvalue weighted by Gasteiger charge is -2.21. The summed E-state index contributed by atoms with van der Waals surface area (Å²) < 4.78 is 5.01. The fraction of sp³-hybridized carbons (Fsp3) is 0.300. The summed E-state index contributed by atoms with van der Waals surface area (Å²) in [6.07, 6.45) is 0. The first-order chi connectivity index (χ1) is 12.6. The van der Waals surface area contributed by atoms with Gasteiger partial charge in [-0.3, -0.25) is 0 Å². The maximum atomic E-state index is 12.3. The molecule has 0 aliphatic carbocycles. The number of hydrogen-bond donors (Lipinski definition) is 2. The molecule has 0 aliphatic heterocycles. The van der Waals surface area contributed by atoms with Crippen LogP contribution < -0.4 is 15.5 Å². The van der Waals surface area contributed by atoms with E-state index in [0.29, 0.717) is 16.9 Å². The van der Waals surface area contributed by atoms with Gasteiger partial charge in [-0.05, 0) is 57.2 Å². The van der Waals surface area contributed by atoms with Crippen LogP contribution in [0.1, 0.15) is 31.1 Å². The third kappa shape index (κ3) is 4.99. The summed E-state index contributed by atoms with van der Waals surface area (Å²) in [7, 11) is 0. The molecule has 6 nitrogen and oxygen atoms in total. The number of urea groups is 1. The van der Waals surface area contributed by atoms with E-state index in [1.54, 1.807) is 31.2 Å². The number of hydrogen-bond acceptors (Lipinski definition) is 4. The number of esters is 1. The summed E-state index contributed by atoms with van der Waals surface area (Å²) >= 11 is 0. The molecule has 0 aliphatic rings. The highest BCUT2D eigenvalue weighted by molar-refractivity contribution is 6.05. The van der Waals surface area contributed by atoms with E-state index >= 15 is 0 Å². The minimum absolute atomic E-state index is 0.276. The molecule has 0 aromatic heterocycles. The average Bonchev–Trinajstić information content (AvgIpc) is 2.64. The summed E-state index contributed by atoms with van der Waals surface area (Å²) in [5.74, 6) is -0.466. The molecule has 2 amide bonds. The van der Waals surface area contributed by atoms with Crippen LogP contribution in [0.5, 0.6) is 0 Å². The topological polar surface area (TPSA) is 70.7 Å². The third-order valence-corrected chi connectivity index (χ3v) is 3.92. The SMILES string of the molecule is CCOC(=O)c1ccccc1NC(=O)Nc1ccc(N(CC)CC)cc1. The maximum absolute atomic E-state index is 12.3. The number of rotatable bonds is 7. The first-order valence-electron chi connectivity index (χ1n) is 8.78. The second-order valence-corrected chi connectivity index (χ2v) is 5.56. The molecule has 0 fully saturated rings. The molecule has 2 rings (SSSR count). The number of carbonyl (C=O) groups excluding carboxylic acids is 2. The van der Waals surface area contributed by atoms with Crippen LogP contribution >= 0.6 is 0 Å². The second kappa shape index (κ2) is 9.46. The highest BCUT2D eigenvalue weighted by Crippen LogP contribution is 2.19. The molecule has 0 bridgehead atoms. The van der Waals surface area contributed by atoms with Crippen LogP contribution in [0.3, 0.4) is 0 Å². The predicted molar refractivity (Wildman–Crippen MR) is 105 cm³/mol. The molecule has 0 spiro atoms. The van der Waals surface area contributed by atoms with Gasteiger partial charge >= 0.3 is 12.0 Å². The lowest BCUT2D eigenvalue weighted by Crippen LogP contribution is -2.22. The van der Waals surface area contributed by atoms with Crippen molar-refractivity contribution in [3.63, 3.8) is 0 Å². The van der Waals surface area contributed by atoms with Gasteiger partial charge in [0.25, 0.3) is 0 Å². The van der Waals surface area contributed by atoms with Crippen molar-refractivity contribution in [3.8, 4) is 0 Å². The van der Waals surface area contributed by atoms with Gasteiger partial charge in [-0.25, -0.2) is 9.59 Å². The fourth-order valence-electron chi connectivity index (χ4n) is 2.61. The van der Waals surface area contributed by atoms with Gasteiger partial charge in [0.1, 0.15) is 0 Å². The van der Waals surface area contributed by atoms with Crippen molar-refractivity contribution in [3.05, 3.63) is 54.1 Å². The van der Waals surface area contributed by atoms with E-state index < -0.39 is 12.0 Å². The van der Waals surface area contributed by atoms with Gasteiger partial charge in [0.2, 0.25) is 0 Å². The standard InChI is InChI=1S/C20H25N3O3/c1-4-23(5-2)16-13-11-15(12-14-16)21-20(25)22-18-10-8-7-9-17(18)19(24)26-6-3/h7-14H,4-6H2,1-3H3,(H2,21,22,25). The van der Waals surface area contributed by atoms with Crippen LogP contribution in [0, 0.1) is 0 Å². The minimum atomic E-state index is -0.466. The van der Waals surface area contributed by atoms with E-state index in [-0.39, 0.29) is 6.61 Å². The van der Waals surface area contributed by atoms with E-state index in [1.807, 2.05) is 24.3 Å². The Morgan fingerprint density at radius 3 is 2.19 bits per heavy atom. The van der Waals surface area contributed by atoms with Crippen LogP contribution in [-0.4, -0.2) is 31.7 Å². The van der Waals surface area contributed by atoms with E-state index in [1.165, 1.54) is 0 Å². The maximum Gasteiger partial charge on any atom is 0.340 e. The first kappa shape index (κ1) is 19.3. The summed E-state index contributed by atoms with van der Waals surface area (Å²) in [5, 5.41) is 5.47. The fourth-order valence-corrected chi connectivity index (χ4v) is 2.61. The van der Waals surface area contributed by atoms with Gasteiger partial charge in [-0.2, -0.15) is 0 Å². The van der Waals surface area contributed by atoms with Crippen LogP contribution in [-0.2, 0) is 4.74 Å². The quantitative estimate of drug-likeness (QED) is 0.724. The molecule has 0 heterocycles. The number of nitrogens with one attached hydrogen (secondary N) is 2. The lowest BCUT2D eigenvalue weighted by molar-refractivity contribution is 0.0527. The zero-order valence-corrected chi connectivity index (χ0v) is 15.4. The number of carbonyl (C=O) groups is 2. The van der Waals surface area contributed by atoms with Crippen LogP contribution in [0.2, 0.25) is 0 Å². The summed E-state index contributed by atoms with van der Waals surface area (Å²) in [5.41, 5.74) is 2.50. The molecule has 0 atom stereocenters. The van der Waals surface area contributed by atoms with E-state index in [4.69, 9.17) is 4.74 Å². The van der Waals surface area contributed by atoms with Crippen molar-refractivity contribution in [2.75, 3.05) is 35.2 Å². The molecule has 2 aromatic rings. The van der Waals surface area contributed by atoms with Gasteiger partial charge in [0, 0.05) is 24.5 Å². The molecule has 0 unspecified atom stereocenters. The van der Waals surface area contributed by atoms with Crippen molar-refractivity contribution < 1.29 is 14.3 Å². The first-order valence-corrected chi connectivity index (χ1v) is 8.78. The Bertz CT molecular complexity index is 740. The summed E-state index contributed by atoms with van der Waals surface area (Å²) in [6.45, 7) is 8.07. The van der Waals surface area contributed by atoms with E-state index in [2.05, 4.69) is 29.4 Å². The molecule has 2 N–H and O–H groups in total. The highest BCUT2D eigenvalue weighted by Gasteiger charge is 2.14. The number of benzene rings is 2. The van der Waals surface area contributed by atoms with Gasteiger partial charge in [-0.1, -0.05) is 12.1 Å². The van der Waals surface area contributed by atoms with Crippen LogP contribution in [0.25, 0.3) is 0 Å². The van der Waals surface area contributed by atoms with Gasteiger partial charge < -0.3 is 20.3 Å². The molecular weight excluding hydrogens is 330 g/mol. The van der Waals surface area contributed by atoms with Crippen molar-refractivity contribution in [2.24, 2.45) is 0 Å². The molecule has 0 saturated carbocycles. The van der Waals surface area contributed by atoms with Gasteiger partial charge in [-0.15, -0.1) is 0 Å². The molecular formula is C20H25N3O3. The monoisotopic (exact) mass is 355 g/mol. The summed E-state index contributed by atoms with van der Waals surface area (Å²) in [4.78, 5) is 26.4. The smallest absolute Gasteiger partial charge is 0.340 e. The van der Waals surface area contributed by atoms with E-state index in [9.17, 15) is 9.59 Å². The van der Waals surface area contributed by atoms with Crippen LogP contribution in [0.15, 0.2) is 48.5 Å². The zero-order valence-electron chi connectivity index (χ0n) is 15.4. The number of ether oxygens (including phenoxy) is 1. The third-order valence-electron chi connectivity index (χ3n) is 3.92. The Morgan fingerprint density at radius 1 is 0.923 bits per heavy atom. The van der Waals surface area contributed by atoms with Crippen molar-refractivity contribution >= 4 is 29.1 Å². The number of nitrogens with zero attached hydrogens (tertiary/aromatic N) is 1. The Labute approximate surface area is 154 Å². The molecule has 2 aromatic carbocycles. The van der Waals surface area contributed by atoms with Gasteiger partial charge in [0.15, 0.2) is 0 Å². The predicted octanol–water partition coefficient (Wildman–Crippen LogP) is 4.35. The van der Waals surface area contributed by atoms with E-state index in [0.717, 1.165) is 18.8 Å². The Balaban J connectivity index is 2.04. The Hall–Kier alpha value is -3.02. The molecule has 0 saturated heterocycles. The zero-order chi connectivity index (χ0) is 18.9. The van der Waals surface area contributed by atoms with Gasteiger partial charge in [0.05, 0.1) is 17.9 Å². The van der Waals surface area contributed by atoms with Crippen LogP contribution in [0.4, 0.5) is 21.9 Å². The number of para-hydroxylation sites is 1. The molecule has 138 valence electrons. The molecule has 6 heteroatoms. The van der Waals surface area contributed by atoms with Crippen molar-refractivity contribution in [1.82, 2.24) is 0 Å². The number of amides is 2. The average molecular weight is 355 g/mol. The Kier molecular flexibility index (Phi) is 7.02. The minimum Gasteiger partial charge on any atom is -0.462 e. The lowest BCUT2D eigenvalue weighted by atomic mass is 10.2. The van der Waals surface area contributed by atoms with Crippen molar-refractivity contribution in [2.45, 2.75) is 20.8 Å². The van der Waals surface area contributed by atoms with Crippen molar-refractivity contribution in [1.29, 1.82) is 0 Å². The highest BCUT2D eigenvalue weighted by atomic mass is 16.5. The number of anilines is 3. The Morgan fingerprint density at radius 2 is 1.58 bits per heavy atom.